The number of ether oxygens (including phenoxy) is 1. The molecule has 0 aliphatic heterocycles. The van der Waals surface area contributed by atoms with Crippen LogP contribution in [0.1, 0.15) is 16.7 Å². The van der Waals surface area contributed by atoms with Crippen LogP contribution in [-0.2, 0) is 14.8 Å². The van der Waals surface area contributed by atoms with Gasteiger partial charge >= 0.3 is 0 Å². The van der Waals surface area contributed by atoms with Gasteiger partial charge < -0.3 is 4.74 Å². The van der Waals surface area contributed by atoms with E-state index in [1.165, 1.54) is 6.21 Å². The molecule has 8 nitrogen and oxygen atoms in total. The maximum Gasteiger partial charge on any atom is 0.260 e. The molecular formula is C22H23ClN4O4S. The summed E-state index contributed by atoms with van der Waals surface area (Å²) in [6.07, 6.45) is 2.42. The SMILES string of the molecule is COc1ccc2cc(/C=N\NC(=O)CN(c3c(C)cccc3C)S(C)(=O)=O)c(Cl)nc2c1. The van der Waals surface area contributed by atoms with E-state index in [0.717, 1.165) is 27.1 Å². The summed E-state index contributed by atoms with van der Waals surface area (Å²) in [6, 6.07) is 12.6. The van der Waals surface area contributed by atoms with Crippen molar-refractivity contribution in [2.45, 2.75) is 13.8 Å². The van der Waals surface area contributed by atoms with Gasteiger partial charge in [-0.05, 0) is 43.2 Å². The number of para-hydroxylation sites is 1. The van der Waals surface area contributed by atoms with Gasteiger partial charge in [0.25, 0.3) is 5.91 Å². The van der Waals surface area contributed by atoms with E-state index in [2.05, 4.69) is 15.5 Å². The molecule has 0 aliphatic carbocycles. The average Bonchev–Trinajstić information content (AvgIpc) is 2.72. The normalized spacial score (nSPS) is 11.7. The summed E-state index contributed by atoms with van der Waals surface area (Å²) >= 11 is 6.23. The molecule has 168 valence electrons. The van der Waals surface area contributed by atoms with E-state index < -0.39 is 22.5 Å². The second-order valence-electron chi connectivity index (χ2n) is 7.23. The number of pyridine rings is 1. The van der Waals surface area contributed by atoms with Crippen LogP contribution >= 0.6 is 11.6 Å². The lowest BCUT2D eigenvalue weighted by Crippen LogP contribution is -2.39. The maximum absolute atomic E-state index is 12.5. The minimum atomic E-state index is -3.69. The van der Waals surface area contributed by atoms with Crippen LogP contribution in [0.15, 0.2) is 47.6 Å². The first-order valence-corrected chi connectivity index (χ1v) is 11.8. The van der Waals surface area contributed by atoms with Gasteiger partial charge in [-0.3, -0.25) is 9.10 Å². The smallest absolute Gasteiger partial charge is 0.260 e. The third-order valence-corrected chi connectivity index (χ3v) is 6.19. The number of halogens is 1. The largest absolute Gasteiger partial charge is 0.497 e. The van der Waals surface area contributed by atoms with Crippen LogP contribution in [0.4, 0.5) is 5.69 Å². The summed E-state index contributed by atoms with van der Waals surface area (Å²) in [4.78, 5) is 16.8. The van der Waals surface area contributed by atoms with Crippen LogP contribution in [0.2, 0.25) is 5.15 Å². The van der Waals surface area contributed by atoms with Crippen molar-refractivity contribution in [2.24, 2.45) is 5.10 Å². The molecule has 0 saturated carbocycles. The maximum atomic E-state index is 12.5. The number of anilines is 1. The van der Waals surface area contributed by atoms with Crippen molar-refractivity contribution in [2.75, 3.05) is 24.2 Å². The Morgan fingerprint density at radius 2 is 1.91 bits per heavy atom. The molecule has 3 aromatic rings. The number of sulfonamides is 1. The van der Waals surface area contributed by atoms with Crippen molar-refractivity contribution >= 4 is 50.3 Å². The van der Waals surface area contributed by atoms with E-state index in [9.17, 15) is 13.2 Å². The van der Waals surface area contributed by atoms with Crippen LogP contribution in [0, 0.1) is 13.8 Å². The molecule has 0 unspecified atom stereocenters. The Balaban J connectivity index is 1.77. The fourth-order valence-electron chi connectivity index (χ4n) is 3.26. The van der Waals surface area contributed by atoms with Crippen molar-refractivity contribution in [3.63, 3.8) is 0 Å². The van der Waals surface area contributed by atoms with E-state index in [4.69, 9.17) is 16.3 Å². The van der Waals surface area contributed by atoms with E-state index in [0.29, 0.717) is 22.5 Å². The van der Waals surface area contributed by atoms with Gasteiger partial charge in [0.1, 0.15) is 17.4 Å². The Bertz CT molecular complexity index is 1290. The van der Waals surface area contributed by atoms with E-state index in [1.54, 1.807) is 51.3 Å². The van der Waals surface area contributed by atoms with Gasteiger partial charge in [-0.15, -0.1) is 0 Å². The topological polar surface area (TPSA) is 101 Å². The fourth-order valence-corrected chi connectivity index (χ4v) is 4.42. The predicted octanol–water partition coefficient (Wildman–Crippen LogP) is 3.43. The summed E-state index contributed by atoms with van der Waals surface area (Å²) in [5.41, 5.74) is 5.49. The molecule has 0 bridgehead atoms. The molecule has 1 N–H and O–H groups in total. The first-order chi connectivity index (χ1) is 15.1. The zero-order valence-corrected chi connectivity index (χ0v) is 19.7. The van der Waals surface area contributed by atoms with Crippen molar-refractivity contribution in [1.82, 2.24) is 10.4 Å². The highest BCUT2D eigenvalue weighted by atomic mass is 35.5. The van der Waals surface area contributed by atoms with Crippen LogP contribution in [0.25, 0.3) is 10.9 Å². The van der Waals surface area contributed by atoms with Gasteiger partial charge in [-0.2, -0.15) is 5.10 Å². The van der Waals surface area contributed by atoms with Crippen molar-refractivity contribution in [3.8, 4) is 5.75 Å². The van der Waals surface area contributed by atoms with Gasteiger partial charge in [0.15, 0.2) is 0 Å². The standard InChI is InChI=1S/C22H23ClN4O4S/c1-14-6-5-7-15(2)21(14)27(32(4,29)30)13-20(28)26-24-12-17-10-16-8-9-18(31-3)11-19(16)25-22(17)23/h5-12H,13H2,1-4H3,(H,26,28)/b24-12-. The van der Waals surface area contributed by atoms with Crippen LogP contribution in [0.3, 0.4) is 0 Å². The highest BCUT2D eigenvalue weighted by Crippen LogP contribution is 2.26. The van der Waals surface area contributed by atoms with Crippen LogP contribution < -0.4 is 14.5 Å². The van der Waals surface area contributed by atoms with Gasteiger partial charge in [-0.1, -0.05) is 29.8 Å². The summed E-state index contributed by atoms with van der Waals surface area (Å²) in [7, 11) is -2.13. The number of hydrogen-bond acceptors (Lipinski definition) is 6. The first kappa shape index (κ1) is 23.5. The predicted molar refractivity (Wildman–Crippen MR) is 127 cm³/mol. The Morgan fingerprint density at radius 3 is 2.53 bits per heavy atom. The number of nitrogens with one attached hydrogen (secondary N) is 1. The highest BCUT2D eigenvalue weighted by Gasteiger charge is 2.23. The number of hydrazone groups is 1. The van der Waals surface area contributed by atoms with Crippen molar-refractivity contribution < 1.29 is 17.9 Å². The quantitative estimate of drug-likeness (QED) is 0.321. The molecule has 10 heteroatoms. The van der Waals surface area contributed by atoms with E-state index >= 15 is 0 Å². The third-order valence-electron chi connectivity index (χ3n) is 4.77. The Morgan fingerprint density at radius 1 is 1.22 bits per heavy atom. The Kier molecular flexibility index (Phi) is 7.00. The second-order valence-corrected chi connectivity index (χ2v) is 9.50. The lowest BCUT2D eigenvalue weighted by molar-refractivity contribution is -0.119. The van der Waals surface area contributed by atoms with E-state index in [-0.39, 0.29) is 5.15 Å². The summed E-state index contributed by atoms with van der Waals surface area (Å²) in [5, 5.41) is 4.95. The van der Waals surface area contributed by atoms with Crippen molar-refractivity contribution in [3.05, 3.63) is 64.3 Å². The number of rotatable bonds is 7. The molecule has 1 amide bonds. The summed E-state index contributed by atoms with van der Waals surface area (Å²) in [5.74, 6) is 0.0676. The number of fused-ring (bicyclic) bond motifs is 1. The second kappa shape index (κ2) is 9.54. The van der Waals surface area contributed by atoms with Gasteiger partial charge in [0.2, 0.25) is 10.0 Å². The molecule has 0 saturated heterocycles. The number of amides is 1. The minimum absolute atomic E-state index is 0.206. The molecule has 3 rings (SSSR count). The molecule has 32 heavy (non-hydrogen) atoms. The molecule has 0 aliphatic rings. The third kappa shape index (κ3) is 5.35. The van der Waals surface area contributed by atoms with Crippen LogP contribution in [0.5, 0.6) is 5.75 Å². The number of carbonyl (C=O) groups is 1. The molecule has 0 radical (unpaired) electrons. The number of benzene rings is 2. The summed E-state index contributed by atoms with van der Waals surface area (Å²) in [6.45, 7) is 3.17. The molecule has 0 spiro atoms. The molecule has 2 aromatic carbocycles. The number of carbonyl (C=O) groups excluding carboxylic acids is 1. The molecule has 1 heterocycles. The fraction of sp³-hybridized carbons (Fsp3) is 0.227. The molecule has 0 fully saturated rings. The zero-order chi connectivity index (χ0) is 23.5. The lowest BCUT2D eigenvalue weighted by atomic mass is 10.1. The minimum Gasteiger partial charge on any atom is -0.497 e. The summed E-state index contributed by atoms with van der Waals surface area (Å²) < 4.78 is 31.0. The first-order valence-electron chi connectivity index (χ1n) is 9.60. The number of aryl methyl sites for hydroxylation is 2. The van der Waals surface area contributed by atoms with Gasteiger partial charge in [0, 0.05) is 17.0 Å². The van der Waals surface area contributed by atoms with Gasteiger partial charge in [0.05, 0.1) is 30.8 Å². The molecular weight excluding hydrogens is 452 g/mol. The number of nitrogens with zero attached hydrogens (tertiary/aromatic N) is 3. The van der Waals surface area contributed by atoms with E-state index in [1.807, 2.05) is 12.1 Å². The molecule has 1 aromatic heterocycles. The molecule has 0 atom stereocenters. The number of hydrogen-bond donors (Lipinski definition) is 1. The highest BCUT2D eigenvalue weighted by molar-refractivity contribution is 7.92. The van der Waals surface area contributed by atoms with Crippen molar-refractivity contribution in [1.29, 1.82) is 0 Å². The zero-order valence-electron chi connectivity index (χ0n) is 18.1. The number of methoxy groups -OCH3 is 1. The number of aromatic nitrogens is 1. The Labute approximate surface area is 191 Å². The van der Waals surface area contributed by atoms with Crippen LogP contribution in [-0.4, -0.2) is 45.4 Å². The van der Waals surface area contributed by atoms with Gasteiger partial charge in [-0.25, -0.2) is 18.8 Å². The monoisotopic (exact) mass is 474 g/mol. The lowest BCUT2D eigenvalue weighted by Gasteiger charge is -2.25. The average molecular weight is 475 g/mol. The Hall–Kier alpha value is -3.17.